The molecule has 0 aromatic carbocycles. The smallest absolute Gasteiger partial charge is 0.410 e. The van der Waals surface area contributed by atoms with E-state index in [1.165, 1.54) is 11.3 Å². The number of rotatable bonds is 3. The van der Waals surface area contributed by atoms with Crippen molar-refractivity contribution >= 4 is 28.3 Å². The van der Waals surface area contributed by atoms with Gasteiger partial charge in [-0.3, -0.25) is 9.20 Å². The normalized spacial score (nSPS) is 17.9. The number of thiazole rings is 1. The number of nitrogens with zero attached hydrogens (tertiary/aromatic N) is 3. The molecule has 25 heavy (non-hydrogen) atoms. The highest BCUT2D eigenvalue weighted by Crippen LogP contribution is 2.21. The molecule has 8 heteroatoms. The molecule has 2 aromatic rings. The predicted molar refractivity (Wildman–Crippen MR) is 96.1 cm³/mol. The number of hydrogen-bond acceptors (Lipinski definition) is 5. The molecule has 1 fully saturated rings. The fourth-order valence-electron chi connectivity index (χ4n) is 3.07. The Kier molecular flexibility index (Phi) is 4.73. The van der Waals surface area contributed by atoms with Crippen LogP contribution in [0.25, 0.3) is 4.96 Å². The summed E-state index contributed by atoms with van der Waals surface area (Å²) in [6, 6.07) is -0.0370. The number of fused-ring (bicyclic) bond motifs is 1. The molecule has 1 N–H and O–H groups in total. The van der Waals surface area contributed by atoms with Crippen molar-refractivity contribution in [1.82, 2.24) is 19.6 Å². The predicted octanol–water partition coefficient (Wildman–Crippen LogP) is 2.83. The maximum Gasteiger partial charge on any atom is 0.410 e. The molecule has 1 atom stereocenters. The third kappa shape index (κ3) is 3.78. The van der Waals surface area contributed by atoms with Crippen LogP contribution in [-0.2, 0) is 4.74 Å². The molecular formula is C17H24N4O3S. The van der Waals surface area contributed by atoms with Crippen LogP contribution < -0.4 is 5.32 Å². The lowest BCUT2D eigenvalue weighted by Gasteiger charge is -2.28. The quantitative estimate of drug-likeness (QED) is 0.909. The number of aryl methyl sites for hydroxylation is 1. The number of amides is 2. The Balaban J connectivity index is 1.64. The van der Waals surface area contributed by atoms with Gasteiger partial charge in [-0.2, -0.15) is 0 Å². The van der Waals surface area contributed by atoms with Gasteiger partial charge in [-0.05, 0) is 40.5 Å². The lowest BCUT2D eigenvalue weighted by molar-refractivity contribution is 0.0225. The molecule has 2 aromatic heterocycles. The van der Waals surface area contributed by atoms with Crippen molar-refractivity contribution in [2.45, 2.75) is 52.2 Å². The zero-order valence-corrected chi connectivity index (χ0v) is 15.9. The zero-order valence-electron chi connectivity index (χ0n) is 15.0. The molecule has 0 saturated carbocycles. The fourth-order valence-corrected chi connectivity index (χ4v) is 3.83. The molecule has 7 nitrogen and oxygen atoms in total. The number of aromatic nitrogens is 2. The van der Waals surface area contributed by atoms with Gasteiger partial charge in [0, 0.05) is 24.7 Å². The molecule has 1 aliphatic rings. The largest absolute Gasteiger partial charge is 0.444 e. The van der Waals surface area contributed by atoms with Crippen LogP contribution in [0.3, 0.4) is 0 Å². The summed E-state index contributed by atoms with van der Waals surface area (Å²) in [7, 11) is 0. The van der Waals surface area contributed by atoms with E-state index in [1.807, 2.05) is 39.3 Å². The second-order valence-electron chi connectivity index (χ2n) is 7.28. The van der Waals surface area contributed by atoms with Crippen LogP contribution in [0.5, 0.6) is 0 Å². The van der Waals surface area contributed by atoms with Crippen LogP contribution in [0.4, 0.5) is 4.79 Å². The number of hydrogen-bond donors (Lipinski definition) is 1. The van der Waals surface area contributed by atoms with E-state index in [1.54, 1.807) is 9.30 Å². The van der Waals surface area contributed by atoms with Gasteiger partial charge in [-0.15, -0.1) is 11.3 Å². The summed E-state index contributed by atoms with van der Waals surface area (Å²) in [5.41, 5.74) is 0.741. The van der Waals surface area contributed by atoms with E-state index in [0.717, 1.165) is 17.8 Å². The highest BCUT2D eigenvalue weighted by Gasteiger charge is 2.32. The van der Waals surface area contributed by atoms with Crippen molar-refractivity contribution in [1.29, 1.82) is 0 Å². The Labute approximate surface area is 151 Å². The maximum absolute atomic E-state index is 12.6. The third-order valence-electron chi connectivity index (χ3n) is 4.15. The van der Waals surface area contributed by atoms with Crippen LogP contribution in [0.1, 0.15) is 49.8 Å². The van der Waals surface area contributed by atoms with Crippen LogP contribution in [0, 0.1) is 6.92 Å². The highest BCUT2D eigenvalue weighted by atomic mass is 32.1. The summed E-state index contributed by atoms with van der Waals surface area (Å²) in [6.45, 7) is 8.47. The molecule has 136 valence electrons. The molecule has 1 saturated heterocycles. The van der Waals surface area contributed by atoms with E-state index in [-0.39, 0.29) is 18.0 Å². The number of carbonyl (C=O) groups excluding carboxylic acids is 2. The van der Waals surface area contributed by atoms with E-state index in [4.69, 9.17) is 4.74 Å². The Morgan fingerprint density at radius 3 is 2.92 bits per heavy atom. The minimum absolute atomic E-state index is 0.0370. The average molecular weight is 364 g/mol. The van der Waals surface area contributed by atoms with E-state index in [9.17, 15) is 9.59 Å². The van der Waals surface area contributed by atoms with Gasteiger partial charge in [-0.1, -0.05) is 0 Å². The average Bonchev–Trinajstić information content (AvgIpc) is 3.17. The second kappa shape index (κ2) is 6.67. The topological polar surface area (TPSA) is 75.9 Å². The Morgan fingerprint density at radius 2 is 2.20 bits per heavy atom. The van der Waals surface area contributed by atoms with E-state index in [2.05, 4.69) is 10.3 Å². The highest BCUT2D eigenvalue weighted by molar-refractivity contribution is 7.15. The van der Waals surface area contributed by atoms with Gasteiger partial charge >= 0.3 is 6.09 Å². The second-order valence-corrected chi connectivity index (χ2v) is 8.15. The summed E-state index contributed by atoms with van der Waals surface area (Å²) in [5.74, 6) is -0.167. The van der Waals surface area contributed by atoms with Crippen LogP contribution in [0.2, 0.25) is 0 Å². The molecule has 1 aliphatic heterocycles. The molecule has 3 rings (SSSR count). The minimum atomic E-state index is -0.521. The Morgan fingerprint density at radius 1 is 1.44 bits per heavy atom. The van der Waals surface area contributed by atoms with E-state index < -0.39 is 5.60 Å². The van der Waals surface area contributed by atoms with Crippen LogP contribution >= 0.6 is 11.3 Å². The SMILES string of the molecule is Cc1nc2sccn2c1C(=O)NCC1CCCN1C(=O)OC(C)(C)C. The van der Waals surface area contributed by atoms with Gasteiger partial charge in [-0.25, -0.2) is 9.78 Å². The molecule has 0 aliphatic carbocycles. The Bertz CT molecular complexity index is 790. The van der Waals surface area contributed by atoms with Gasteiger partial charge in [0.25, 0.3) is 5.91 Å². The number of imidazole rings is 1. The van der Waals surface area contributed by atoms with Gasteiger partial charge < -0.3 is 15.0 Å². The van der Waals surface area contributed by atoms with Crippen molar-refractivity contribution in [3.63, 3.8) is 0 Å². The van der Waals surface area contributed by atoms with Crippen LogP contribution in [0.15, 0.2) is 11.6 Å². The molecule has 2 amide bonds. The number of carbonyl (C=O) groups is 2. The molecule has 0 spiro atoms. The molecular weight excluding hydrogens is 340 g/mol. The molecule has 0 bridgehead atoms. The monoisotopic (exact) mass is 364 g/mol. The van der Waals surface area contributed by atoms with Crippen molar-refractivity contribution in [2.24, 2.45) is 0 Å². The van der Waals surface area contributed by atoms with E-state index >= 15 is 0 Å². The first-order valence-electron chi connectivity index (χ1n) is 8.46. The van der Waals surface area contributed by atoms with Crippen LogP contribution in [-0.4, -0.2) is 51.0 Å². The first-order valence-corrected chi connectivity index (χ1v) is 9.34. The fraction of sp³-hybridized carbons (Fsp3) is 0.588. The lowest BCUT2D eigenvalue weighted by atomic mass is 10.2. The van der Waals surface area contributed by atoms with Crippen molar-refractivity contribution < 1.29 is 14.3 Å². The molecule has 3 heterocycles. The first kappa shape index (κ1) is 17.7. The summed E-state index contributed by atoms with van der Waals surface area (Å²) < 4.78 is 7.26. The van der Waals surface area contributed by atoms with Crippen molar-refractivity contribution in [3.05, 3.63) is 23.0 Å². The number of likely N-dealkylation sites (tertiary alicyclic amines) is 1. The first-order chi connectivity index (χ1) is 11.8. The summed E-state index contributed by atoms with van der Waals surface area (Å²) in [6.07, 6.45) is 3.31. The van der Waals surface area contributed by atoms with Crippen molar-refractivity contribution in [2.75, 3.05) is 13.1 Å². The standard InChI is InChI=1S/C17H24N4O3S/c1-11-13(21-8-9-25-15(21)19-11)14(22)18-10-12-6-5-7-20(12)16(23)24-17(2,3)4/h8-9,12H,5-7,10H2,1-4H3,(H,18,22). The molecule has 0 radical (unpaired) electrons. The summed E-state index contributed by atoms with van der Waals surface area (Å²) in [5, 5.41) is 4.86. The van der Waals surface area contributed by atoms with Gasteiger partial charge in [0.05, 0.1) is 11.7 Å². The number of nitrogens with one attached hydrogen (secondary N) is 1. The van der Waals surface area contributed by atoms with Crippen molar-refractivity contribution in [3.8, 4) is 0 Å². The van der Waals surface area contributed by atoms with Gasteiger partial charge in [0.15, 0.2) is 4.96 Å². The van der Waals surface area contributed by atoms with E-state index in [0.29, 0.717) is 24.5 Å². The third-order valence-corrected chi connectivity index (χ3v) is 4.91. The Hall–Kier alpha value is -2.09. The lowest BCUT2D eigenvalue weighted by Crippen LogP contribution is -2.45. The van der Waals surface area contributed by atoms with Gasteiger partial charge in [0.1, 0.15) is 11.3 Å². The summed E-state index contributed by atoms with van der Waals surface area (Å²) in [4.78, 5) is 31.8. The number of ether oxygens (including phenoxy) is 1. The molecule has 1 unspecified atom stereocenters. The zero-order chi connectivity index (χ0) is 18.2. The maximum atomic E-state index is 12.6. The minimum Gasteiger partial charge on any atom is -0.444 e. The summed E-state index contributed by atoms with van der Waals surface area (Å²) >= 11 is 1.50. The van der Waals surface area contributed by atoms with Gasteiger partial charge in [0.2, 0.25) is 0 Å².